The maximum atomic E-state index is 13.5. The maximum absolute atomic E-state index is 13.5. The third kappa shape index (κ3) is 4.17. The molecule has 0 fully saturated rings. The van der Waals surface area contributed by atoms with Crippen LogP contribution in [-0.2, 0) is 13.0 Å². The van der Waals surface area contributed by atoms with E-state index in [1.165, 1.54) is 5.56 Å². The van der Waals surface area contributed by atoms with Crippen LogP contribution in [0.4, 0.5) is 4.39 Å². The number of hydrogen-bond donors (Lipinski definition) is 1. The van der Waals surface area contributed by atoms with Gasteiger partial charge in [0.25, 0.3) is 0 Å². The van der Waals surface area contributed by atoms with Gasteiger partial charge < -0.3 is 5.32 Å². The molecule has 0 aliphatic rings. The van der Waals surface area contributed by atoms with E-state index in [-0.39, 0.29) is 5.82 Å². The first-order valence-corrected chi connectivity index (χ1v) is 7.17. The lowest BCUT2D eigenvalue weighted by atomic mass is 10.1. The fourth-order valence-electron chi connectivity index (χ4n) is 2.43. The molecule has 1 N–H and O–H groups in total. The Morgan fingerprint density at radius 3 is 2.25 bits per heavy atom. The summed E-state index contributed by atoms with van der Waals surface area (Å²) in [6.07, 6.45) is 2.21. The predicted molar refractivity (Wildman–Crippen MR) is 82.3 cm³/mol. The van der Waals surface area contributed by atoms with Gasteiger partial charge in [-0.05, 0) is 55.5 Å². The second-order valence-corrected chi connectivity index (χ2v) is 5.31. The Bertz CT molecular complexity index is 526. The minimum absolute atomic E-state index is 0.0853. The van der Waals surface area contributed by atoms with Gasteiger partial charge >= 0.3 is 0 Å². The van der Waals surface area contributed by atoms with Crippen LogP contribution in [0.1, 0.15) is 28.7 Å². The van der Waals surface area contributed by atoms with Crippen LogP contribution in [0.2, 0.25) is 0 Å². The summed E-state index contributed by atoms with van der Waals surface area (Å²) in [6, 6.07) is 14.4. The second-order valence-electron chi connectivity index (χ2n) is 5.31. The average molecular weight is 271 g/mol. The number of hydrogen-bond acceptors (Lipinski definition) is 1. The average Bonchev–Trinajstić information content (AvgIpc) is 2.45. The minimum Gasteiger partial charge on any atom is -0.313 e. The molecule has 0 aliphatic carbocycles. The van der Waals surface area contributed by atoms with Crippen molar-refractivity contribution in [2.24, 2.45) is 0 Å². The number of aryl methyl sites for hydroxylation is 3. The van der Waals surface area contributed by atoms with E-state index in [9.17, 15) is 4.39 Å². The lowest BCUT2D eigenvalue weighted by Crippen LogP contribution is -2.15. The summed E-state index contributed by atoms with van der Waals surface area (Å²) in [4.78, 5) is 0. The van der Waals surface area contributed by atoms with Gasteiger partial charge in [-0.25, -0.2) is 4.39 Å². The lowest BCUT2D eigenvalue weighted by molar-refractivity contribution is 0.604. The Hall–Kier alpha value is -1.67. The largest absolute Gasteiger partial charge is 0.313 e. The standard InChI is InChI=1S/C18H22FN/c1-14-11-17(12-15(2)18(14)19)13-20-10-6-9-16-7-4-3-5-8-16/h3-5,7-8,11-12,20H,6,9-10,13H2,1-2H3. The SMILES string of the molecule is Cc1cc(CNCCCc2ccccc2)cc(C)c1F. The van der Waals surface area contributed by atoms with Gasteiger partial charge in [0.15, 0.2) is 0 Å². The Morgan fingerprint density at radius 1 is 0.950 bits per heavy atom. The Kier molecular flexibility index (Phi) is 5.31. The van der Waals surface area contributed by atoms with Crippen molar-refractivity contribution in [2.45, 2.75) is 33.2 Å². The molecule has 2 rings (SSSR count). The Morgan fingerprint density at radius 2 is 1.60 bits per heavy atom. The lowest BCUT2D eigenvalue weighted by Gasteiger charge is -2.08. The van der Waals surface area contributed by atoms with Crippen molar-refractivity contribution in [2.75, 3.05) is 6.54 Å². The van der Waals surface area contributed by atoms with Crippen molar-refractivity contribution in [1.82, 2.24) is 5.32 Å². The molecule has 0 aliphatic heterocycles. The van der Waals surface area contributed by atoms with E-state index >= 15 is 0 Å². The fourth-order valence-corrected chi connectivity index (χ4v) is 2.43. The molecule has 0 amide bonds. The number of benzene rings is 2. The highest BCUT2D eigenvalue weighted by atomic mass is 19.1. The first-order valence-electron chi connectivity index (χ1n) is 7.17. The minimum atomic E-state index is -0.0853. The van der Waals surface area contributed by atoms with Crippen molar-refractivity contribution < 1.29 is 4.39 Å². The fraction of sp³-hybridized carbons (Fsp3) is 0.333. The van der Waals surface area contributed by atoms with Gasteiger partial charge in [0, 0.05) is 6.54 Å². The van der Waals surface area contributed by atoms with Crippen molar-refractivity contribution in [3.05, 3.63) is 70.5 Å². The third-order valence-electron chi connectivity index (χ3n) is 3.49. The molecule has 0 saturated carbocycles. The van der Waals surface area contributed by atoms with Gasteiger partial charge in [0.2, 0.25) is 0 Å². The van der Waals surface area contributed by atoms with Crippen molar-refractivity contribution in [1.29, 1.82) is 0 Å². The van der Waals surface area contributed by atoms with Gasteiger partial charge in [-0.15, -0.1) is 0 Å². The number of halogens is 1. The Balaban J connectivity index is 1.74. The molecule has 20 heavy (non-hydrogen) atoms. The summed E-state index contributed by atoms with van der Waals surface area (Å²) in [5.41, 5.74) is 3.99. The van der Waals surface area contributed by atoms with Crippen LogP contribution >= 0.6 is 0 Å². The van der Waals surface area contributed by atoms with Crippen molar-refractivity contribution in [3.63, 3.8) is 0 Å². The molecule has 2 aromatic rings. The summed E-state index contributed by atoms with van der Waals surface area (Å²) in [5, 5.41) is 3.42. The van der Waals surface area contributed by atoms with Crippen LogP contribution in [0.15, 0.2) is 42.5 Å². The van der Waals surface area contributed by atoms with E-state index in [2.05, 4.69) is 29.6 Å². The van der Waals surface area contributed by atoms with E-state index in [4.69, 9.17) is 0 Å². The number of rotatable bonds is 6. The van der Waals surface area contributed by atoms with Crippen LogP contribution in [0.3, 0.4) is 0 Å². The highest BCUT2D eigenvalue weighted by Gasteiger charge is 2.03. The van der Waals surface area contributed by atoms with Crippen LogP contribution in [0.5, 0.6) is 0 Å². The highest BCUT2D eigenvalue weighted by Crippen LogP contribution is 2.14. The monoisotopic (exact) mass is 271 g/mol. The summed E-state index contributed by atoms with van der Waals surface area (Å²) in [5.74, 6) is -0.0853. The molecule has 0 spiro atoms. The molecule has 2 heteroatoms. The molecule has 0 aromatic heterocycles. The molecular weight excluding hydrogens is 249 g/mol. The predicted octanol–water partition coefficient (Wildman–Crippen LogP) is 4.16. The zero-order chi connectivity index (χ0) is 14.4. The van der Waals surface area contributed by atoms with Gasteiger partial charge in [0.05, 0.1) is 0 Å². The first-order chi connectivity index (χ1) is 9.66. The van der Waals surface area contributed by atoms with Gasteiger partial charge in [-0.2, -0.15) is 0 Å². The van der Waals surface area contributed by atoms with Gasteiger partial charge in [-0.3, -0.25) is 0 Å². The molecule has 1 nitrogen and oxygen atoms in total. The molecule has 0 bridgehead atoms. The van der Waals surface area contributed by atoms with E-state index in [1.54, 1.807) is 0 Å². The molecule has 106 valence electrons. The molecule has 0 saturated heterocycles. The molecule has 0 unspecified atom stereocenters. The summed E-state index contributed by atoms with van der Waals surface area (Å²) in [6.45, 7) is 5.42. The zero-order valence-corrected chi connectivity index (χ0v) is 12.2. The van der Waals surface area contributed by atoms with Crippen LogP contribution in [-0.4, -0.2) is 6.54 Å². The first kappa shape index (κ1) is 14.7. The van der Waals surface area contributed by atoms with Crippen molar-refractivity contribution in [3.8, 4) is 0 Å². The molecule has 2 aromatic carbocycles. The quantitative estimate of drug-likeness (QED) is 0.778. The zero-order valence-electron chi connectivity index (χ0n) is 12.2. The highest BCUT2D eigenvalue weighted by molar-refractivity contribution is 5.30. The van der Waals surface area contributed by atoms with E-state index in [0.29, 0.717) is 0 Å². The molecule has 0 atom stereocenters. The summed E-state index contributed by atoms with van der Waals surface area (Å²) in [7, 11) is 0. The summed E-state index contributed by atoms with van der Waals surface area (Å²) >= 11 is 0. The van der Waals surface area contributed by atoms with Crippen LogP contribution in [0.25, 0.3) is 0 Å². The summed E-state index contributed by atoms with van der Waals surface area (Å²) < 4.78 is 13.5. The topological polar surface area (TPSA) is 12.0 Å². The maximum Gasteiger partial charge on any atom is 0.129 e. The van der Waals surface area contributed by atoms with Crippen LogP contribution < -0.4 is 5.32 Å². The normalized spacial score (nSPS) is 10.8. The van der Waals surface area contributed by atoms with Crippen LogP contribution in [0, 0.1) is 19.7 Å². The molecule has 0 radical (unpaired) electrons. The molecule has 0 heterocycles. The van der Waals surface area contributed by atoms with E-state index < -0.39 is 0 Å². The molecular formula is C18H22FN. The van der Waals surface area contributed by atoms with Gasteiger partial charge in [-0.1, -0.05) is 42.5 Å². The Labute approximate surface area is 120 Å². The number of nitrogens with one attached hydrogen (secondary N) is 1. The van der Waals surface area contributed by atoms with E-state index in [0.717, 1.165) is 42.6 Å². The third-order valence-corrected chi connectivity index (χ3v) is 3.49. The smallest absolute Gasteiger partial charge is 0.129 e. The van der Waals surface area contributed by atoms with Crippen molar-refractivity contribution >= 4 is 0 Å². The van der Waals surface area contributed by atoms with E-state index in [1.807, 2.05) is 32.0 Å². The second kappa shape index (κ2) is 7.20. The van der Waals surface area contributed by atoms with Gasteiger partial charge in [0.1, 0.15) is 5.82 Å².